The molecule has 98 valence electrons. The number of nitrogens with one attached hydrogen (secondary N) is 1. The average Bonchev–Trinajstić information content (AvgIpc) is 2.13. The van der Waals surface area contributed by atoms with Crippen molar-refractivity contribution in [2.45, 2.75) is 52.5 Å². The van der Waals surface area contributed by atoms with Crippen molar-refractivity contribution < 1.29 is 8.42 Å². The topological polar surface area (TPSA) is 46.2 Å². The fourth-order valence-corrected chi connectivity index (χ4v) is 3.17. The molecule has 0 fully saturated rings. The maximum Gasteiger partial charge on any atom is 0.211 e. The van der Waals surface area contributed by atoms with Crippen molar-refractivity contribution in [3.63, 3.8) is 0 Å². The van der Waals surface area contributed by atoms with Gasteiger partial charge < -0.3 is 0 Å². The molecule has 0 aromatic carbocycles. The lowest BCUT2D eigenvalue weighted by Crippen LogP contribution is -2.34. The van der Waals surface area contributed by atoms with Crippen LogP contribution in [0.3, 0.4) is 0 Å². The van der Waals surface area contributed by atoms with Crippen molar-refractivity contribution in [2.75, 3.05) is 11.6 Å². The van der Waals surface area contributed by atoms with Gasteiger partial charge in [0.15, 0.2) is 0 Å². The van der Waals surface area contributed by atoms with Gasteiger partial charge >= 0.3 is 0 Å². The van der Waals surface area contributed by atoms with Crippen molar-refractivity contribution in [1.29, 1.82) is 0 Å². The summed E-state index contributed by atoms with van der Waals surface area (Å²) < 4.78 is 25.7. The van der Waals surface area contributed by atoms with E-state index in [1.807, 2.05) is 6.92 Å². The van der Waals surface area contributed by atoms with Crippen molar-refractivity contribution in [3.05, 3.63) is 0 Å². The van der Waals surface area contributed by atoms with Crippen molar-refractivity contribution in [2.24, 2.45) is 5.92 Å². The zero-order valence-electron chi connectivity index (χ0n) is 10.5. The van der Waals surface area contributed by atoms with Gasteiger partial charge in [-0.3, -0.25) is 0 Å². The fraction of sp³-hybridized carbons (Fsp3) is 1.00. The van der Waals surface area contributed by atoms with Gasteiger partial charge in [0, 0.05) is 11.9 Å². The normalized spacial score (nSPS) is 14.3. The zero-order valence-corrected chi connectivity index (χ0v) is 12.1. The first-order valence-corrected chi connectivity index (χ1v) is 8.12. The van der Waals surface area contributed by atoms with Gasteiger partial charge in [-0.1, -0.05) is 26.7 Å². The molecular weight excluding hydrogens is 246 g/mol. The highest BCUT2D eigenvalue weighted by molar-refractivity contribution is 7.89. The molecule has 16 heavy (non-hydrogen) atoms. The van der Waals surface area contributed by atoms with Crippen LogP contribution in [0, 0.1) is 5.92 Å². The molecule has 0 heterocycles. The number of halogens is 1. The van der Waals surface area contributed by atoms with Gasteiger partial charge in [0.2, 0.25) is 10.0 Å². The van der Waals surface area contributed by atoms with E-state index in [0.717, 1.165) is 19.3 Å². The molecule has 0 saturated heterocycles. The molecule has 0 spiro atoms. The molecule has 0 aromatic rings. The number of rotatable bonds is 9. The summed E-state index contributed by atoms with van der Waals surface area (Å²) in [5, 5.41) is 0. The third-order valence-corrected chi connectivity index (χ3v) is 4.20. The van der Waals surface area contributed by atoms with Gasteiger partial charge in [0.25, 0.3) is 0 Å². The summed E-state index contributed by atoms with van der Waals surface area (Å²) in [7, 11) is -3.13. The third-order valence-electron chi connectivity index (χ3n) is 2.35. The molecule has 0 bridgehead atoms. The van der Waals surface area contributed by atoms with Gasteiger partial charge in [0.05, 0.1) is 5.75 Å². The van der Waals surface area contributed by atoms with Crippen LogP contribution < -0.4 is 4.72 Å². The van der Waals surface area contributed by atoms with Crippen LogP contribution in [0.4, 0.5) is 0 Å². The van der Waals surface area contributed by atoms with Crippen molar-refractivity contribution >= 4 is 21.6 Å². The lowest BCUT2D eigenvalue weighted by molar-refractivity contribution is 0.488. The van der Waals surface area contributed by atoms with Crippen LogP contribution in [0.2, 0.25) is 0 Å². The third kappa shape index (κ3) is 9.43. The first-order chi connectivity index (χ1) is 7.37. The van der Waals surface area contributed by atoms with E-state index in [1.54, 1.807) is 0 Å². The molecule has 0 radical (unpaired) electrons. The van der Waals surface area contributed by atoms with Gasteiger partial charge in [-0.2, -0.15) is 0 Å². The first-order valence-electron chi connectivity index (χ1n) is 5.93. The van der Waals surface area contributed by atoms with Crippen LogP contribution in [0.5, 0.6) is 0 Å². The lowest BCUT2D eigenvalue weighted by Gasteiger charge is -2.14. The van der Waals surface area contributed by atoms with Gasteiger partial charge in [-0.25, -0.2) is 13.1 Å². The van der Waals surface area contributed by atoms with E-state index < -0.39 is 10.0 Å². The van der Waals surface area contributed by atoms with Crippen LogP contribution in [-0.2, 0) is 10.0 Å². The Kier molecular flexibility index (Phi) is 8.42. The maximum absolute atomic E-state index is 11.5. The van der Waals surface area contributed by atoms with Gasteiger partial charge in [-0.15, -0.1) is 11.6 Å². The van der Waals surface area contributed by atoms with Crippen LogP contribution in [-0.4, -0.2) is 26.1 Å². The molecule has 3 nitrogen and oxygen atoms in total. The predicted molar refractivity (Wildman–Crippen MR) is 70.4 cm³/mol. The summed E-state index contributed by atoms with van der Waals surface area (Å²) in [5.41, 5.74) is 0. The molecular formula is C11H24ClNO2S. The van der Waals surface area contributed by atoms with E-state index in [-0.39, 0.29) is 11.8 Å². The zero-order chi connectivity index (χ0) is 12.6. The molecule has 1 atom stereocenters. The highest BCUT2D eigenvalue weighted by Gasteiger charge is 2.13. The minimum atomic E-state index is -3.13. The minimum Gasteiger partial charge on any atom is -0.212 e. The molecule has 0 rings (SSSR count). The number of sulfonamides is 1. The SMILES string of the molecule is CC(C)CCCC(C)NS(=O)(=O)CCCCl. The Morgan fingerprint density at radius 2 is 1.75 bits per heavy atom. The number of alkyl halides is 1. The van der Waals surface area contributed by atoms with E-state index in [4.69, 9.17) is 11.6 Å². The van der Waals surface area contributed by atoms with Crippen LogP contribution in [0.25, 0.3) is 0 Å². The average molecular weight is 270 g/mol. The van der Waals surface area contributed by atoms with Crippen LogP contribution in [0.15, 0.2) is 0 Å². The molecule has 5 heteroatoms. The highest BCUT2D eigenvalue weighted by Crippen LogP contribution is 2.09. The largest absolute Gasteiger partial charge is 0.212 e. The van der Waals surface area contributed by atoms with E-state index >= 15 is 0 Å². The highest BCUT2D eigenvalue weighted by atomic mass is 35.5. The monoisotopic (exact) mass is 269 g/mol. The first kappa shape index (κ1) is 16.2. The molecule has 1 unspecified atom stereocenters. The number of hydrogen-bond acceptors (Lipinski definition) is 2. The Balaban J connectivity index is 3.81. The maximum atomic E-state index is 11.5. The molecule has 0 amide bonds. The second-order valence-electron chi connectivity index (χ2n) is 4.71. The standard InChI is InChI=1S/C11H24ClNO2S/c1-10(2)6-4-7-11(3)13-16(14,15)9-5-8-12/h10-11,13H,4-9H2,1-3H3. The molecule has 0 aliphatic heterocycles. The summed E-state index contributed by atoms with van der Waals surface area (Å²) in [6.45, 7) is 6.27. The fourth-order valence-electron chi connectivity index (χ4n) is 1.50. The Bertz CT molecular complexity index is 265. The predicted octanol–water partition coefficient (Wildman–Crippen LogP) is 2.75. The Morgan fingerprint density at radius 3 is 2.25 bits per heavy atom. The van der Waals surface area contributed by atoms with Gasteiger partial charge in [-0.05, 0) is 25.7 Å². The van der Waals surface area contributed by atoms with E-state index in [2.05, 4.69) is 18.6 Å². The van der Waals surface area contributed by atoms with Crippen LogP contribution in [0.1, 0.15) is 46.5 Å². The van der Waals surface area contributed by atoms with Crippen molar-refractivity contribution in [3.8, 4) is 0 Å². The summed E-state index contributed by atoms with van der Waals surface area (Å²) in [5.74, 6) is 1.20. The Morgan fingerprint density at radius 1 is 1.12 bits per heavy atom. The van der Waals surface area contributed by atoms with Crippen molar-refractivity contribution in [1.82, 2.24) is 4.72 Å². The van der Waals surface area contributed by atoms with Crippen LogP contribution >= 0.6 is 11.6 Å². The van der Waals surface area contributed by atoms with Gasteiger partial charge in [0.1, 0.15) is 0 Å². The summed E-state index contributed by atoms with van der Waals surface area (Å²) in [6.07, 6.45) is 3.62. The molecule has 0 saturated carbocycles. The quantitative estimate of drug-likeness (QED) is 0.654. The molecule has 1 N–H and O–H groups in total. The van der Waals surface area contributed by atoms with E-state index in [9.17, 15) is 8.42 Å². The second kappa shape index (κ2) is 8.31. The summed E-state index contributed by atoms with van der Waals surface area (Å²) >= 11 is 5.47. The minimum absolute atomic E-state index is 0.0269. The lowest BCUT2D eigenvalue weighted by atomic mass is 10.0. The Hall–Kier alpha value is 0.200. The second-order valence-corrected chi connectivity index (χ2v) is 6.96. The Labute approximate surface area is 105 Å². The smallest absolute Gasteiger partial charge is 0.211 e. The molecule has 0 aromatic heterocycles. The number of hydrogen-bond donors (Lipinski definition) is 1. The van der Waals surface area contributed by atoms with E-state index in [1.165, 1.54) is 0 Å². The van der Waals surface area contributed by atoms with E-state index in [0.29, 0.717) is 18.2 Å². The summed E-state index contributed by atoms with van der Waals surface area (Å²) in [6, 6.07) is 0.0269. The molecule has 0 aliphatic rings. The molecule has 0 aliphatic carbocycles. The summed E-state index contributed by atoms with van der Waals surface area (Å²) in [4.78, 5) is 0.